The number of ketones is 1. The summed E-state index contributed by atoms with van der Waals surface area (Å²) in [6.45, 7) is 3.97. The molecule has 2 heterocycles. The maximum Gasteiger partial charge on any atom is 0.143 e. The van der Waals surface area contributed by atoms with Gasteiger partial charge < -0.3 is 5.32 Å². The SMILES string of the molecule is CC1(C(=O)Cc2cncc(Br)c2)CCNCC1. The average Bonchev–Trinajstić information content (AvgIpc) is 2.30. The van der Waals surface area contributed by atoms with E-state index < -0.39 is 0 Å². The van der Waals surface area contributed by atoms with Crippen molar-refractivity contribution in [2.24, 2.45) is 5.41 Å². The van der Waals surface area contributed by atoms with E-state index >= 15 is 0 Å². The first-order chi connectivity index (χ1) is 8.10. The summed E-state index contributed by atoms with van der Waals surface area (Å²) in [6.07, 6.45) is 5.87. The summed E-state index contributed by atoms with van der Waals surface area (Å²) in [6, 6.07) is 1.97. The van der Waals surface area contributed by atoms with Gasteiger partial charge in [-0.2, -0.15) is 0 Å². The molecule has 17 heavy (non-hydrogen) atoms. The summed E-state index contributed by atoms with van der Waals surface area (Å²) in [5.41, 5.74) is 0.831. The first-order valence-corrected chi connectivity index (χ1v) is 6.73. The molecule has 0 radical (unpaired) electrons. The predicted molar refractivity (Wildman–Crippen MR) is 70.9 cm³/mol. The molecule has 4 heteroatoms. The molecule has 0 saturated carbocycles. The fourth-order valence-corrected chi connectivity index (χ4v) is 2.62. The van der Waals surface area contributed by atoms with Crippen LogP contribution in [-0.4, -0.2) is 23.9 Å². The summed E-state index contributed by atoms with van der Waals surface area (Å²) in [5, 5.41) is 3.30. The number of nitrogens with one attached hydrogen (secondary N) is 1. The Morgan fingerprint density at radius 2 is 2.18 bits per heavy atom. The van der Waals surface area contributed by atoms with Gasteiger partial charge in [0.15, 0.2) is 0 Å². The molecule has 1 N–H and O–H groups in total. The molecule has 0 aliphatic carbocycles. The Labute approximate surface area is 110 Å². The third kappa shape index (κ3) is 3.13. The molecule has 3 nitrogen and oxygen atoms in total. The molecule has 0 aromatic carbocycles. The zero-order chi connectivity index (χ0) is 12.3. The van der Waals surface area contributed by atoms with E-state index in [1.165, 1.54) is 0 Å². The molecule has 1 aliphatic heterocycles. The summed E-state index contributed by atoms with van der Waals surface area (Å²) in [5.74, 6) is 0.332. The second-order valence-corrected chi connectivity index (χ2v) is 5.84. The van der Waals surface area contributed by atoms with Crippen molar-refractivity contribution in [3.8, 4) is 0 Å². The molecule has 0 unspecified atom stereocenters. The highest BCUT2D eigenvalue weighted by Gasteiger charge is 2.33. The van der Waals surface area contributed by atoms with Gasteiger partial charge >= 0.3 is 0 Å². The first kappa shape index (κ1) is 12.7. The van der Waals surface area contributed by atoms with Crippen LogP contribution in [0.4, 0.5) is 0 Å². The van der Waals surface area contributed by atoms with Gasteiger partial charge in [0.2, 0.25) is 0 Å². The van der Waals surface area contributed by atoms with E-state index in [1.54, 1.807) is 12.4 Å². The molecule has 1 aliphatic rings. The minimum absolute atomic E-state index is 0.159. The van der Waals surface area contributed by atoms with Crippen molar-refractivity contribution in [3.05, 3.63) is 28.5 Å². The second-order valence-electron chi connectivity index (χ2n) is 4.92. The van der Waals surface area contributed by atoms with Crippen LogP contribution in [0, 0.1) is 5.41 Å². The van der Waals surface area contributed by atoms with Crippen LogP contribution < -0.4 is 5.32 Å². The maximum absolute atomic E-state index is 12.3. The van der Waals surface area contributed by atoms with Gasteiger partial charge in [0.1, 0.15) is 5.78 Å². The number of rotatable bonds is 3. The standard InChI is InChI=1S/C13H17BrN2O/c1-13(2-4-15-5-3-13)12(17)7-10-6-11(14)9-16-8-10/h6,8-9,15H,2-5,7H2,1H3. The van der Waals surface area contributed by atoms with Gasteiger partial charge in [-0.1, -0.05) is 6.92 Å². The van der Waals surface area contributed by atoms with E-state index in [-0.39, 0.29) is 5.41 Å². The number of piperidine rings is 1. The Bertz CT molecular complexity index is 414. The van der Waals surface area contributed by atoms with Gasteiger partial charge in [-0.15, -0.1) is 0 Å². The molecule has 0 atom stereocenters. The lowest BCUT2D eigenvalue weighted by Gasteiger charge is -2.32. The number of pyridine rings is 1. The third-order valence-electron chi connectivity index (χ3n) is 3.51. The lowest BCUT2D eigenvalue weighted by Crippen LogP contribution is -2.40. The molecule has 2 rings (SSSR count). The van der Waals surface area contributed by atoms with Crippen molar-refractivity contribution < 1.29 is 4.79 Å². The van der Waals surface area contributed by atoms with Crippen molar-refractivity contribution in [2.45, 2.75) is 26.2 Å². The number of halogens is 1. The highest BCUT2D eigenvalue weighted by molar-refractivity contribution is 9.10. The van der Waals surface area contributed by atoms with Crippen molar-refractivity contribution >= 4 is 21.7 Å². The Morgan fingerprint density at radius 1 is 1.47 bits per heavy atom. The van der Waals surface area contributed by atoms with Crippen molar-refractivity contribution in [1.29, 1.82) is 0 Å². The van der Waals surface area contributed by atoms with Gasteiger partial charge in [0.25, 0.3) is 0 Å². The molecule has 92 valence electrons. The summed E-state index contributed by atoms with van der Waals surface area (Å²) >= 11 is 3.38. The van der Waals surface area contributed by atoms with Crippen LogP contribution >= 0.6 is 15.9 Å². The van der Waals surface area contributed by atoms with E-state index in [9.17, 15) is 4.79 Å². The lowest BCUT2D eigenvalue weighted by atomic mass is 9.75. The number of hydrogen-bond donors (Lipinski definition) is 1. The molecule has 1 fully saturated rings. The number of carbonyl (C=O) groups excluding carboxylic acids is 1. The number of carbonyl (C=O) groups is 1. The quantitative estimate of drug-likeness (QED) is 0.931. The highest BCUT2D eigenvalue weighted by atomic mass is 79.9. The minimum Gasteiger partial charge on any atom is -0.317 e. The zero-order valence-corrected chi connectivity index (χ0v) is 11.6. The molecule has 1 aromatic heterocycles. The summed E-state index contributed by atoms with van der Waals surface area (Å²) < 4.78 is 0.929. The zero-order valence-electron chi connectivity index (χ0n) is 10.0. The fourth-order valence-electron chi connectivity index (χ4n) is 2.21. The van der Waals surface area contributed by atoms with Gasteiger partial charge in [-0.25, -0.2) is 0 Å². The van der Waals surface area contributed by atoms with Crippen molar-refractivity contribution in [1.82, 2.24) is 10.3 Å². The number of aromatic nitrogens is 1. The Kier molecular flexibility index (Phi) is 3.94. The highest BCUT2D eigenvalue weighted by Crippen LogP contribution is 2.30. The van der Waals surface area contributed by atoms with Crippen LogP contribution in [0.15, 0.2) is 22.9 Å². The summed E-state index contributed by atoms with van der Waals surface area (Å²) in [7, 11) is 0. The van der Waals surface area contributed by atoms with Crippen molar-refractivity contribution in [2.75, 3.05) is 13.1 Å². The molecular formula is C13H17BrN2O. The van der Waals surface area contributed by atoms with Crippen LogP contribution in [-0.2, 0) is 11.2 Å². The minimum atomic E-state index is -0.159. The van der Waals surface area contributed by atoms with E-state index in [4.69, 9.17) is 0 Å². The van der Waals surface area contributed by atoms with E-state index in [0.717, 1.165) is 36.0 Å². The molecule has 0 amide bonds. The third-order valence-corrected chi connectivity index (χ3v) is 3.94. The van der Waals surface area contributed by atoms with Crippen LogP contribution in [0.3, 0.4) is 0 Å². The van der Waals surface area contributed by atoms with Crippen LogP contribution in [0.1, 0.15) is 25.3 Å². The fraction of sp³-hybridized carbons (Fsp3) is 0.538. The molecule has 1 aromatic rings. The Balaban J connectivity index is 2.05. The van der Waals surface area contributed by atoms with Gasteiger partial charge in [-0.05, 0) is 53.5 Å². The van der Waals surface area contributed by atoms with E-state index in [2.05, 4.69) is 33.2 Å². The monoisotopic (exact) mass is 296 g/mol. The second kappa shape index (κ2) is 5.27. The van der Waals surface area contributed by atoms with Crippen LogP contribution in [0.2, 0.25) is 0 Å². The number of hydrogen-bond acceptors (Lipinski definition) is 3. The van der Waals surface area contributed by atoms with Gasteiger partial charge in [-0.3, -0.25) is 9.78 Å². The number of Topliss-reactive ketones (excluding diaryl/α,β-unsaturated/α-hetero) is 1. The molecular weight excluding hydrogens is 280 g/mol. The van der Waals surface area contributed by atoms with E-state index in [0.29, 0.717) is 12.2 Å². The van der Waals surface area contributed by atoms with E-state index in [1.807, 2.05) is 6.07 Å². The number of nitrogens with zero attached hydrogens (tertiary/aromatic N) is 1. The van der Waals surface area contributed by atoms with Crippen molar-refractivity contribution in [3.63, 3.8) is 0 Å². The van der Waals surface area contributed by atoms with Crippen LogP contribution in [0.25, 0.3) is 0 Å². The lowest BCUT2D eigenvalue weighted by molar-refractivity contribution is -0.128. The normalized spacial score (nSPS) is 18.9. The van der Waals surface area contributed by atoms with Gasteiger partial charge in [0.05, 0.1) is 0 Å². The smallest absolute Gasteiger partial charge is 0.143 e. The largest absolute Gasteiger partial charge is 0.317 e. The first-order valence-electron chi connectivity index (χ1n) is 5.94. The molecule has 1 saturated heterocycles. The topological polar surface area (TPSA) is 42.0 Å². The Morgan fingerprint density at radius 3 is 2.82 bits per heavy atom. The summed E-state index contributed by atoms with van der Waals surface area (Å²) in [4.78, 5) is 16.4. The predicted octanol–water partition coefficient (Wildman–Crippen LogP) is 2.35. The molecule has 0 spiro atoms. The molecule has 0 bridgehead atoms. The Hall–Kier alpha value is -0.740. The average molecular weight is 297 g/mol. The maximum atomic E-state index is 12.3. The van der Waals surface area contributed by atoms with Gasteiger partial charge in [0, 0.05) is 28.7 Å². The van der Waals surface area contributed by atoms with Crippen LogP contribution in [0.5, 0.6) is 0 Å².